The molecule has 0 aliphatic rings. The van der Waals surface area contributed by atoms with Crippen LogP contribution in [0.15, 0.2) is 12.5 Å². The molecular formula is C6H5N3O. The van der Waals surface area contributed by atoms with E-state index in [1.807, 2.05) is 0 Å². The zero-order valence-corrected chi connectivity index (χ0v) is 5.15. The molecule has 0 amide bonds. The average molecular weight is 135 g/mol. The van der Waals surface area contributed by atoms with Gasteiger partial charge in [-0.25, -0.2) is 9.97 Å². The second-order valence-electron chi connectivity index (χ2n) is 2.01. The fourth-order valence-electron chi connectivity index (χ4n) is 0.861. The third-order valence-corrected chi connectivity index (χ3v) is 1.37. The van der Waals surface area contributed by atoms with Crippen molar-refractivity contribution in [2.24, 2.45) is 0 Å². The van der Waals surface area contributed by atoms with Crippen LogP contribution in [0.2, 0.25) is 0 Å². The summed E-state index contributed by atoms with van der Waals surface area (Å²) in [6.45, 7) is 3.67. The van der Waals surface area contributed by atoms with Crippen LogP contribution in [0.3, 0.4) is 0 Å². The minimum Gasteiger partial charge on any atom is -0.491 e. The molecule has 4 heteroatoms. The predicted molar refractivity (Wildman–Crippen MR) is 35.4 cm³/mol. The first kappa shape index (κ1) is 5.22. The van der Waals surface area contributed by atoms with E-state index in [4.69, 9.17) is 5.11 Å². The topological polar surface area (TPSA) is 50.4 Å². The van der Waals surface area contributed by atoms with Crippen LogP contribution in [0, 0.1) is 0 Å². The van der Waals surface area contributed by atoms with Crippen molar-refractivity contribution in [2.75, 3.05) is 0 Å². The Balaban J connectivity index is 3.09. The number of imidazole rings is 2. The van der Waals surface area contributed by atoms with Crippen LogP contribution in [0.25, 0.3) is 12.2 Å². The molecule has 0 unspecified atom stereocenters. The SMILES string of the molecule is C=c1cnc2c(O)ncn12. The van der Waals surface area contributed by atoms with Gasteiger partial charge in [0.2, 0.25) is 5.65 Å². The predicted octanol–water partition coefficient (Wildman–Crippen LogP) is -0.436. The summed E-state index contributed by atoms with van der Waals surface area (Å²) in [7, 11) is 0. The Kier molecular flexibility index (Phi) is 0.768. The normalized spacial score (nSPS) is 10.8. The fourth-order valence-corrected chi connectivity index (χ4v) is 0.861. The van der Waals surface area contributed by atoms with Crippen LogP contribution in [0.4, 0.5) is 0 Å². The summed E-state index contributed by atoms with van der Waals surface area (Å²) in [5.41, 5.74) is 0.463. The lowest BCUT2D eigenvalue weighted by atomic mass is 10.7. The van der Waals surface area contributed by atoms with Crippen molar-refractivity contribution in [1.29, 1.82) is 0 Å². The molecule has 0 aromatic carbocycles. The van der Waals surface area contributed by atoms with Crippen LogP contribution in [-0.4, -0.2) is 19.5 Å². The summed E-state index contributed by atoms with van der Waals surface area (Å²) in [4.78, 5) is 7.50. The van der Waals surface area contributed by atoms with Crippen LogP contribution in [0.5, 0.6) is 5.88 Å². The first-order chi connectivity index (χ1) is 4.79. The first-order valence-corrected chi connectivity index (χ1v) is 2.78. The lowest BCUT2D eigenvalue weighted by Gasteiger charge is -1.76. The minimum atomic E-state index is -0.0464. The third kappa shape index (κ3) is 0.452. The highest BCUT2D eigenvalue weighted by atomic mass is 16.3. The Labute approximate surface area is 56.4 Å². The second-order valence-corrected chi connectivity index (χ2v) is 2.01. The average Bonchev–Trinajstić information content (AvgIpc) is 2.41. The second kappa shape index (κ2) is 1.47. The zero-order chi connectivity index (χ0) is 7.14. The van der Waals surface area contributed by atoms with Gasteiger partial charge in [0.15, 0.2) is 0 Å². The molecule has 0 fully saturated rings. The molecule has 0 spiro atoms. The molecule has 0 radical (unpaired) electrons. The number of hydrogen-bond donors (Lipinski definition) is 1. The first-order valence-electron chi connectivity index (χ1n) is 2.78. The van der Waals surface area contributed by atoms with Crippen molar-refractivity contribution in [3.05, 3.63) is 17.9 Å². The quantitative estimate of drug-likeness (QED) is 0.533. The molecule has 0 aliphatic heterocycles. The van der Waals surface area contributed by atoms with Gasteiger partial charge in [-0.05, 0) is 0 Å². The van der Waals surface area contributed by atoms with E-state index in [1.54, 1.807) is 10.6 Å². The van der Waals surface area contributed by atoms with Crippen molar-refractivity contribution in [2.45, 2.75) is 0 Å². The van der Waals surface area contributed by atoms with Crippen LogP contribution in [-0.2, 0) is 0 Å². The van der Waals surface area contributed by atoms with E-state index in [-0.39, 0.29) is 5.88 Å². The molecule has 0 saturated heterocycles. The number of rotatable bonds is 0. The fraction of sp³-hybridized carbons (Fsp3) is 0. The van der Waals surface area contributed by atoms with Crippen LogP contribution in [0.1, 0.15) is 0 Å². The van der Waals surface area contributed by atoms with Gasteiger partial charge in [0.1, 0.15) is 6.33 Å². The van der Waals surface area contributed by atoms with Gasteiger partial charge >= 0.3 is 0 Å². The summed E-state index contributed by atoms with van der Waals surface area (Å²) in [5.74, 6) is -0.0464. The third-order valence-electron chi connectivity index (χ3n) is 1.37. The summed E-state index contributed by atoms with van der Waals surface area (Å²) in [6.07, 6.45) is 3.07. The Morgan fingerprint density at radius 3 is 3.00 bits per heavy atom. The van der Waals surface area contributed by atoms with Gasteiger partial charge in [0.05, 0.1) is 11.5 Å². The number of hydrogen-bond acceptors (Lipinski definition) is 3. The molecule has 1 N–H and O–H groups in total. The van der Waals surface area contributed by atoms with Crippen molar-refractivity contribution >= 4 is 12.2 Å². The number of nitrogens with zero attached hydrogens (tertiary/aromatic N) is 3. The van der Waals surface area contributed by atoms with E-state index in [0.29, 0.717) is 5.65 Å². The Hall–Kier alpha value is -1.58. The molecule has 4 nitrogen and oxygen atoms in total. The van der Waals surface area contributed by atoms with Gasteiger partial charge in [-0.2, -0.15) is 0 Å². The van der Waals surface area contributed by atoms with E-state index in [2.05, 4.69) is 16.5 Å². The summed E-state index contributed by atoms with van der Waals surface area (Å²) in [5, 5.41) is 9.73. The van der Waals surface area contributed by atoms with E-state index in [1.165, 1.54) is 6.33 Å². The number of aromatic nitrogens is 3. The molecule has 2 heterocycles. The van der Waals surface area contributed by atoms with Crippen molar-refractivity contribution in [1.82, 2.24) is 14.4 Å². The van der Waals surface area contributed by atoms with E-state index >= 15 is 0 Å². The molecular weight excluding hydrogens is 130 g/mol. The highest BCUT2D eigenvalue weighted by Crippen LogP contribution is 2.08. The van der Waals surface area contributed by atoms with Crippen molar-refractivity contribution in [3.63, 3.8) is 0 Å². The van der Waals surface area contributed by atoms with E-state index in [0.717, 1.165) is 5.35 Å². The maximum Gasteiger partial charge on any atom is 0.257 e. The number of aromatic hydroxyl groups is 1. The Morgan fingerprint density at radius 1 is 1.50 bits per heavy atom. The standard InChI is InChI=1S/C6H5N3O/c1-4-2-7-5-6(10)8-3-9(4)5/h2-3,10H,1H2. The van der Waals surface area contributed by atoms with Crippen LogP contribution >= 0.6 is 0 Å². The van der Waals surface area contributed by atoms with Crippen molar-refractivity contribution in [3.8, 4) is 5.88 Å². The van der Waals surface area contributed by atoms with Gasteiger partial charge in [-0.15, -0.1) is 0 Å². The van der Waals surface area contributed by atoms with Gasteiger partial charge < -0.3 is 5.11 Å². The maximum atomic E-state index is 9.00. The maximum absolute atomic E-state index is 9.00. The van der Waals surface area contributed by atoms with Gasteiger partial charge in [0.25, 0.3) is 5.88 Å². The lowest BCUT2D eigenvalue weighted by Crippen LogP contribution is -2.01. The molecule has 2 aromatic rings. The molecule has 0 aliphatic carbocycles. The summed E-state index contributed by atoms with van der Waals surface area (Å²) < 4.78 is 1.62. The van der Waals surface area contributed by atoms with Gasteiger partial charge in [0, 0.05) is 0 Å². The molecule has 50 valence electrons. The van der Waals surface area contributed by atoms with Crippen molar-refractivity contribution < 1.29 is 5.11 Å². The Morgan fingerprint density at radius 2 is 2.30 bits per heavy atom. The molecule has 0 bridgehead atoms. The highest BCUT2D eigenvalue weighted by molar-refractivity contribution is 5.48. The Bertz CT molecular complexity index is 406. The molecule has 0 atom stereocenters. The highest BCUT2D eigenvalue weighted by Gasteiger charge is 2.02. The molecule has 2 aromatic heterocycles. The minimum absolute atomic E-state index is 0.0464. The molecule has 2 rings (SSSR count). The van der Waals surface area contributed by atoms with Gasteiger partial charge in [-0.1, -0.05) is 6.58 Å². The van der Waals surface area contributed by atoms with E-state index in [9.17, 15) is 0 Å². The number of fused-ring (bicyclic) bond motifs is 1. The summed E-state index contributed by atoms with van der Waals surface area (Å²) in [6, 6.07) is 0. The van der Waals surface area contributed by atoms with Crippen LogP contribution < -0.4 is 5.35 Å². The largest absolute Gasteiger partial charge is 0.491 e. The van der Waals surface area contributed by atoms with E-state index < -0.39 is 0 Å². The smallest absolute Gasteiger partial charge is 0.257 e. The zero-order valence-electron chi connectivity index (χ0n) is 5.15. The summed E-state index contributed by atoms with van der Waals surface area (Å²) >= 11 is 0. The monoisotopic (exact) mass is 135 g/mol. The molecule has 10 heavy (non-hydrogen) atoms. The van der Waals surface area contributed by atoms with Gasteiger partial charge in [-0.3, -0.25) is 4.40 Å². The molecule has 0 saturated carbocycles. The lowest BCUT2D eigenvalue weighted by molar-refractivity contribution is 0.461.